The van der Waals surface area contributed by atoms with E-state index in [9.17, 15) is 18.3 Å². The number of aliphatic hydroxyl groups is 1. The van der Waals surface area contributed by atoms with E-state index < -0.39 is 15.4 Å². The molecule has 8 nitrogen and oxygen atoms in total. The number of nitrogens with zero attached hydrogens (tertiary/aromatic N) is 2. The molecule has 1 atom stereocenters. The SMILES string of the molecule is COc1ccc(C2(C(=O)Nc3cccc(-c4ccc(S(=O)(=O)N5CCC[C@@H]5CO)cc4)n3)CC2)cc1I. The second-order valence-corrected chi connectivity index (χ2v) is 12.5. The lowest BCUT2D eigenvalue weighted by molar-refractivity contribution is -0.118. The quantitative estimate of drug-likeness (QED) is 0.361. The van der Waals surface area contributed by atoms with E-state index in [-0.39, 0.29) is 23.5 Å². The van der Waals surface area contributed by atoms with E-state index in [0.717, 1.165) is 39.7 Å². The number of pyridine rings is 1. The van der Waals surface area contributed by atoms with Crippen LogP contribution >= 0.6 is 22.6 Å². The molecule has 5 rings (SSSR count). The second-order valence-electron chi connectivity index (χ2n) is 9.41. The summed E-state index contributed by atoms with van der Waals surface area (Å²) in [4.78, 5) is 18.1. The van der Waals surface area contributed by atoms with E-state index in [1.807, 2.05) is 30.3 Å². The van der Waals surface area contributed by atoms with Crippen LogP contribution in [0.3, 0.4) is 0 Å². The Morgan fingerprint density at radius 2 is 1.95 bits per heavy atom. The van der Waals surface area contributed by atoms with Crippen LogP contribution in [0.15, 0.2) is 65.6 Å². The van der Waals surface area contributed by atoms with Gasteiger partial charge in [-0.05, 0) is 90.2 Å². The molecule has 2 N–H and O–H groups in total. The lowest BCUT2D eigenvalue weighted by Crippen LogP contribution is -2.37. The van der Waals surface area contributed by atoms with E-state index in [4.69, 9.17) is 4.74 Å². The van der Waals surface area contributed by atoms with Crippen LogP contribution in [-0.2, 0) is 20.2 Å². The molecule has 2 fully saturated rings. The first kappa shape index (κ1) is 26.1. The molecule has 1 saturated heterocycles. The Balaban J connectivity index is 1.33. The minimum Gasteiger partial charge on any atom is -0.496 e. The summed E-state index contributed by atoms with van der Waals surface area (Å²) in [7, 11) is -2.05. The van der Waals surface area contributed by atoms with E-state index in [1.54, 1.807) is 37.4 Å². The molecule has 2 aromatic carbocycles. The summed E-state index contributed by atoms with van der Waals surface area (Å²) in [6, 6.07) is 17.4. The minimum absolute atomic E-state index is 0.0939. The number of amides is 1. The zero-order valence-electron chi connectivity index (χ0n) is 20.4. The molecule has 2 aliphatic rings. The number of carbonyl (C=O) groups excluding carboxylic acids is 1. The lowest BCUT2D eigenvalue weighted by atomic mass is 9.95. The second kappa shape index (κ2) is 10.3. The standard InChI is InChI=1S/C27H28IN3O5S/c1-36-24-12-9-19(16-22(24)28)27(13-14-27)26(33)30-25-6-2-5-23(29-25)18-7-10-21(11-8-18)37(34,35)31-15-3-4-20(31)17-32/h2,5-12,16,20,32H,3-4,13-15,17H2,1H3,(H,29,30,33)/t20-/m1/s1. The topological polar surface area (TPSA) is 109 Å². The summed E-state index contributed by atoms with van der Waals surface area (Å²) >= 11 is 2.21. The molecule has 10 heteroatoms. The van der Waals surface area contributed by atoms with Gasteiger partial charge in [-0.1, -0.05) is 24.3 Å². The highest BCUT2D eigenvalue weighted by Gasteiger charge is 2.51. The molecular formula is C27H28IN3O5S. The maximum atomic E-state index is 13.3. The van der Waals surface area contributed by atoms with Crippen molar-refractivity contribution in [2.45, 2.75) is 42.0 Å². The Morgan fingerprint density at radius 1 is 1.19 bits per heavy atom. The molecule has 1 saturated carbocycles. The third-order valence-electron chi connectivity index (χ3n) is 7.17. The minimum atomic E-state index is -3.68. The summed E-state index contributed by atoms with van der Waals surface area (Å²) in [5.74, 6) is 1.13. The number of carbonyl (C=O) groups is 1. The van der Waals surface area contributed by atoms with Gasteiger partial charge in [0.1, 0.15) is 11.6 Å². The monoisotopic (exact) mass is 633 g/mol. The van der Waals surface area contributed by atoms with Crippen molar-refractivity contribution in [3.05, 3.63) is 69.8 Å². The van der Waals surface area contributed by atoms with Gasteiger partial charge in [0.05, 0.1) is 33.3 Å². The van der Waals surface area contributed by atoms with Crippen LogP contribution in [0.2, 0.25) is 0 Å². The summed E-state index contributed by atoms with van der Waals surface area (Å²) in [6.45, 7) is 0.231. The average Bonchev–Trinajstić information content (AvgIpc) is 3.58. The van der Waals surface area contributed by atoms with Crippen LogP contribution < -0.4 is 10.1 Å². The fraction of sp³-hybridized carbons (Fsp3) is 0.333. The van der Waals surface area contributed by atoms with Crippen LogP contribution in [-0.4, -0.2) is 55.0 Å². The molecule has 0 bridgehead atoms. The van der Waals surface area contributed by atoms with Crippen molar-refractivity contribution in [3.8, 4) is 17.0 Å². The van der Waals surface area contributed by atoms with Gasteiger partial charge in [0.25, 0.3) is 0 Å². The molecule has 0 unspecified atom stereocenters. The molecule has 1 aliphatic carbocycles. The van der Waals surface area contributed by atoms with E-state index in [0.29, 0.717) is 24.5 Å². The number of hydrogen-bond acceptors (Lipinski definition) is 6. The number of nitrogens with one attached hydrogen (secondary N) is 1. The maximum absolute atomic E-state index is 13.3. The van der Waals surface area contributed by atoms with E-state index in [2.05, 4.69) is 32.9 Å². The Bertz CT molecular complexity index is 1420. The molecule has 1 aromatic heterocycles. The normalized spacial score (nSPS) is 18.9. The van der Waals surface area contributed by atoms with Crippen molar-refractivity contribution in [2.24, 2.45) is 0 Å². The first-order chi connectivity index (χ1) is 17.8. The number of aliphatic hydroxyl groups excluding tert-OH is 1. The molecule has 1 amide bonds. The number of methoxy groups -OCH3 is 1. The third-order valence-corrected chi connectivity index (χ3v) is 9.98. The fourth-order valence-corrected chi connectivity index (χ4v) is 7.30. The highest BCUT2D eigenvalue weighted by molar-refractivity contribution is 14.1. The van der Waals surface area contributed by atoms with Crippen LogP contribution in [0, 0.1) is 3.57 Å². The lowest BCUT2D eigenvalue weighted by Gasteiger charge is -2.22. The molecule has 37 heavy (non-hydrogen) atoms. The van der Waals surface area contributed by atoms with Gasteiger partial charge in [0, 0.05) is 18.2 Å². The molecular weight excluding hydrogens is 605 g/mol. The summed E-state index contributed by atoms with van der Waals surface area (Å²) in [5.41, 5.74) is 1.76. The Hall–Kier alpha value is -2.54. The number of rotatable bonds is 8. The van der Waals surface area contributed by atoms with Crippen molar-refractivity contribution in [2.75, 3.05) is 25.6 Å². The van der Waals surface area contributed by atoms with Gasteiger partial charge in [0.2, 0.25) is 15.9 Å². The molecule has 2 heterocycles. The number of sulfonamides is 1. The first-order valence-electron chi connectivity index (χ1n) is 12.1. The van der Waals surface area contributed by atoms with Crippen molar-refractivity contribution in [3.63, 3.8) is 0 Å². The number of halogens is 1. The molecule has 1 aliphatic heterocycles. The van der Waals surface area contributed by atoms with Crippen molar-refractivity contribution < 1.29 is 23.1 Å². The molecule has 0 radical (unpaired) electrons. The van der Waals surface area contributed by atoms with E-state index in [1.165, 1.54) is 4.31 Å². The number of anilines is 1. The predicted molar refractivity (Wildman–Crippen MR) is 149 cm³/mol. The van der Waals surface area contributed by atoms with Gasteiger partial charge >= 0.3 is 0 Å². The first-order valence-corrected chi connectivity index (χ1v) is 14.7. The average molecular weight is 634 g/mol. The third kappa shape index (κ3) is 4.99. The number of ether oxygens (including phenoxy) is 1. The van der Waals surface area contributed by atoms with Crippen LogP contribution in [0.4, 0.5) is 5.82 Å². The van der Waals surface area contributed by atoms with Gasteiger partial charge in [-0.25, -0.2) is 13.4 Å². The number of hydrogen-bond donors (Lipinski definition) is 2. The maximum Gasteiger partial charge on any atom is 0.243 e. The van der Waals surface area contributed by atoms with Gasteiger partial charge in [0.15, 0.2) is 0 Å². The van der Waals surface area contributed by atoms with Gasteiger partial charge in [-0.3, -0.25) is 4.79 Å². The van der Waals surface area contributed by atoms with Crippen molar-refractivity contribution in [1.82, 2.24) is 9.29 Å². The van der Waals surface area contributed by atoms with Crippen LogP contribution in [0.25, 0.3) is 11.3 Å². The zero-order valence-corrected chi connectivity index (χ0v) is 23.3. The predicted octanol–water partition coefficient (Wildman–Crippen LogP) is 4.18. The van der Waals surface area contributed by atoms with Crippen LogP contribution in [0.5, 0.6) is 5.75 Å². The Kier molecular flexibility index (Phi) is 7.27. The van der Waals surface area contributed by atoms with Gasteiger partial charge < -0.3 is 15.2 Å². The summed E-state index contributed by atoms with van der Waals surface area (Å²) < 4.78 is 33.8. The number of aromatic nitrogens is 1. The highest BCUT2D eigenvalue weighted by atomic mass is 127. The summed E-state index contributed by atoms with van der Waals surface area (Å²) in [6.07, 6.45) is 2.94. The van der Waals surface area contributed by atoms with Crippen molar-refractivity contribution in [1.29, 1.82) is 0 Å². The Morgan fingerprint density at radius 3 is 2.59 bits per heavy atom. The molecule has 194 valence electrons. The fourth-order valence-electron chi connectivity index (χ4n) is 4.88. The van der Waals surface area contributed by atoms with Crippen molar-refractivity contribution >= 4 is 44.3 Å². The Labute approximate surface area is 230 Å². The smallest absolute Gasteiger partial charge is 0.243 e. The summed E-state index contributed by atoms with van der Waals surface area (Å²) in [5, 5.41) is 12.5. The van der Waals surface area contributed by atoms with Crippen LogP contribution in [0.1, 0.15) is 31.2 Å². The largest absolute Gasteiger partial charge is 0.496 e. The van der Waals surface area contributed by atoms with Gasteiger partial charge in [-0.15, -0.1) is 0 Å². The highest BCUT2D eigenvalue weighted by Crippen LogP contribution is 2.49. The number of benzene rings is 2. The molecule has 0 spiro atoms. The zero-order chi connectivity index (χ0) is 26.2. The van der Waals surface area contributed by atoms with E-state index >= 15 is 0 Å². The molecule has 3 aromatic rings. The van der Waals surface area contributed by atoms with Gasteiger partial charge in [-0.2, -0.15) is 4.31 Å².